The fraction of sp³-hybridized carbons (Fsp3) is 0.455. The standard InChI is InChI=1S/C11H17N3O3S/c12-10-4-3-9(18(13,16)17)6-11(10)14-5-1-2-8(14)7-15/h3-4,6,8,15H,1-2,5,7,12H2,(H2,13,16,17). The van der Waals surface area contributed by atoms with Crippen LogP contribution in [0, 0.1) is 0 Å². The van der Waals surface area contributed by atoms with Crippen molar-refractivity contribution >= 4 is 21.4 Å². The Morgan fingerprint density at radius 2 is 2.17 bits per heavy atom. The summed E-state index contributed by atoms with van der Waals surface area (Å²) in [5.41, 5.74) is 6.98. The van der Waals surface area contributed by atoms with Crippen LogP contribution in [0.2, 0.25) is 0 Å². The minimum atomic E-state index is -3.74. The van der Waals surface area contributed by atoms with Gasteiger partial charge in [0.2, 0.25) is 10.0 Å². The van der Waals surface area contributed by atoms with E-state index >= 15 is 0 Å². The molecular formula is C11H17N3O3S. The number of sulfonamides is 1. The van der Waals surface area contributed by atoms with Crippen LogP contribution in [0.5, 0.6) is 0 Å². The highest BCUT2D eigenvalue weighted by molar-refractivity contribution is 7.89. The topological polar surface area (TPSA) is 110 Å². The molecule has 6 nitrogen and oxygen atoms in total. The molecule has 7 heteroatoms. The van der Waals surface area contributed by atoms with E-state index in [1.807, 2.05) is 4.90 Å². The molecule has 18 heavy (non-hydrogen) atoms. The molecule has 0 amide bonds. The van der Waals surface area contributed by atoms with Crippen molar-refractivity contribution in [3.05, 3.63) is 18.2 Å². The molecule has 0 saturated carbocycles. The van der Waals surface area contributed by atoms with Crippen LogP contribution >= 0.6 is 0 Å². The molecule has 1 aromatic carbocycles. The van der Waals surface area contributed by atoms with Crippen molar-refractivity contribution in [3.63, 3.8) is 0 Å². The summed E-state index contributed by atoms with van der Waals surface area (Å²) in [5.74, 6) is 0. The van der Waals surface area contributed by atoms with Gasteiger partial charge in [-0.1, -0.05) is 0 Å². The van der Waals surface area contributed by atoms with Crippen molar-refractivity contribution in [2.24, 2.45) is 5.14 Å². The Morgan fingerprint density at radius 1 is 1.44 bits per heavy atom. The van der Waals surface area contributed by atoms with Gasteiger partial charge in [0.15, 0.2) is 0 Å². The highest BCUT2D eigenvalue weighted by Crippen LogP contribution is 2.32. The number of hydrogen-bond donors (Lipinski definition) is 3. The first kappa shape index (κ1) is 13.1. The Morgan fingerprint density at radius 3 is 2.78 bits per heavy atom. The van der Waals surface area contributed by atoms with Crippen molar-refractivity contribution in [3.8, 4) is 0 Å². The maximum atomic E-state index is 11.3. The van der Waals surface area contributed by atoms with E-state index in [0.717, 1.165) is 19.4 Å². The van der Waals surface area contributed by atoms with E-state index in [0.29, 0.717) is 11.4 Å². The van der Waals surface area contributed by atoms with Gasteiger partial charge >= 0.3 is 0 Å². The smallest absolute Gasteiger partial charge is 0.238 e. The zero-order chi connectivity index (χ0) is 13.3. The van der Waals surface area contributed by atoms with Gasteiger partial charge in [-0.2, -0.15) is 0 Å². The summed E-state index contributed by atoms with van der Waals surface area (Å²) < 4.78 is 22.7. The molecule has 1 aliphatic rings. The third-order valence-corrected chi connectivity index (χ3v) is 4.14. The summed E-state index contributed by atoms with van der Waals surface area (Å²) >= 11 is 0. The average Bonchev–Trinajstić information content (AvgIpc) is 2.76. The number of hydrogen-bond acceptors (Lipinski definition) is 5. The molecule has 1 fully saturated rings. The number of nitrogens with two attached hydrogens (primary N) is 2. The van der Waals surface area contributed by atoms with E-state index in [-0.39, 0.29) is 17.5 Å². The molecule has 0 bridgehead atoms. The number of rotatable bonds is 3. The maximum absolute atomic E-state index is 11.3. The Balaban J connectivity index is 2.44. The highest BCUT2D eigenvalue weighted by Gasteiger charge is 2.26. The predicted molar refractivity (Wildman–Crippen MR) is 69.7 cm³/mol. The Bertz CT molecular complexity index is 544. The van der Waals surface area contributed by atoms with Crippen LogP contribution in [-0.2, 0) is 10.0 Å². The molecule has 5 N–H and O–H groups in total. The molecule has 0 aromatic heterocycles. The Hall–Kier alpha value is -1.31. The first-order valence-corrected chi connectivity index (χ1v) is 7.28. The maximum Gasteiger partial charge on any atom is 0.238 e. The molecule has 1 aromatic rings. The zero-order valence-electron chi connectivity index (χ0n) is 9.91. The lowest BCUT2D eigenvalue weighted by Gasteiger charge is -2.26. The fourth-order valence-electron chi connectivity index (χ4n) is 2.29. The lowest BCUT2D eigenvalue weighted by atomic mass is 10.2. The number of nitrogens with zero attached hydrogens (tertiary/aromatic N) is 1. The molecular weight excluding hydrogens is 254 g/mol. The van der Waals surface area contributed by atoms with Crippen molar-refractivity contribution < 1.29 is 13.5 Å². The van der Waals surface area contributed by atoms with Crippen LogP contribution in [0.4, 0.5) is 11.4 Å². The van der Waals surface area contributed by atoms with Crippen LogP contribution in [0.1, 0.15) is 12.8 Å². The van der Waals surface area contributed by atoms with Crippen molar-refractivity contribution in [2.75, 3.05) is 23.8 Å². The summed E-state index contributed by atoms with van der Waals surface area (Å²) in [5, 5.41) is 14.4. The molecule has 0 aliphatic carbocycles. The summed E-state index contributed by atoms with van der Waals surface area (Å²) in [4.78, 5) is 1.97. The summed E-state index contributed by atoms with van der Waals surface area (Å²) in [6, 6.07) is 4.38. The largest absolute Gasteiger partial charge is 0.397 e. The summed E-state index contributed by atoms with van der Waals surface area (Å²) in [6.07, 6.45) is 1.82. The number of aliphatic hydroxyl groups excluding tert-OH is 1. The van der Waals surface area contributed by atoms with Gasteiger partial charge in [0, 0.05) is 6.54 Å². The number of primary sulfonamides is 1. The van der Waals surface area contributed by atoms with Gasteiger partial charge in [-0.25, -0.2) is 13.6 Å². The molecule has 1 atom stereocenters. The fourth-order valence-corrected chi connectivity index (χ4v) is 2.83. The lowest BCUT2D eigenvalue weighted by Crippen LogP contribution is -2.32. The molecule has 1 heterocycles. The van der Waals surface area contributed by atoms with Crippen molar-refractivity contribution in [1.29, 1.82) is 0 Å². The first-order valence-electron chi connectivity index (χ1n) is 5.73. The molecule has 100 valence electrons. The Labute approximate surface area is 106 Å². The summed E-state index contributed by atoms with van der Waals surface area (Å²) in [7, 11) is -3.74. The average molecular weight is 271 g/mol. The minimum absolute atomic E-state index is 0.0111. The van der Waals surface area contributed by atoms with Crippen LogP contribution in [0.3, 0.4) is 0 Å². The Kier molecular flexibility index (Phi) is 3.47. The molecule has 1 aliphatic heterocycles. The molecule has 1 saturated heterocycles. The first-order chi connectivity index (χ1) is 8.43. The van der Waals surface area contributed by atoms with Crippen LogP contribution in [-0.4, -0.2) is 32.7 Å². The van der Waals surface area contributed by atoms with Crippen molar-refractivity contribution in [2.45, 2.75) is 23.8 Å². The molecule has 2 rings (SSSR count). The van der Waals surface area contributed by atoms with Gasteiger partial charge < -0.3 is 15.7 Å². The van der Waals surface area contributed by atoms with E-state index in [1.54, 1.807) is 0 Å². The second-order valence-corrected chi connectivity index (χ2v) is 6.00. The molecule has 0 radical (unpaired) electrons. The van der Waals surface area contributed by atoms with E-state index in [1.165, 1.54) is 18.2 Å². The van der Waals surface area contributed by atoms with Gasteiger partial charge in [0.25, 0.3) is 0 Å². The SMILES string of the molecule is Nc1ccc(S(N)(=O)=O)cc1N1CCCC1CO. The number of nitrogen functional groups attached to an aromatic ring is 1. The van der Waals surface area contributed by atoms with Crippen LogP contribution in [0.15, 0.2) is 23.1 Å². The monoisotopic (exact) mass is 271 g/mol. The van der Waals surface area contributed by atoms with E-state index < -0.39 is 10.0 Å². The second-order valence-electron chi connectivity index (χ2n) is 4.44. The van der Waals surface area contributed by atoms with Gasteiger partial charge in [-0.05, 0) is 31.0 Å². The summed E-state index contributed by atoms with van der Waals surface area (Å²) in [6.45, 7) is 0.780. The third-order valence-electron chi connectivity index (χ3n) is 3.23. The second kappa shape index (κ2) is 4.75. The van der Waals surface area contributed by atoms with Crippen LogP contribution in [0.25, 0.3) is 0 Å². The van der Waals surface area contributed by atoms with E-state index in [9.17, 15) is 13.5 Å². The quantitative estimate of drug-likeness (QED) is 0.664. The minimum Gasteiger partial charge on any atom is -0.397 e. The van der Waals surface area contributed by atoms with Gasteiger partial charge in [-0.15, -0.1) is 0 Å². The third kappa shape index (κ3) is 2.43. The molecule has 1 unspecified atom stereocenters. The number of aliphatic hydroxyl groups is 1. The highest BCUT2D eigenvalue weighted by atomic mass is 32.2. The number of benzene rings is 1. The predicted octanol–water partition coefficient (Wildman–Crippen LogP) is -0.123. The van der Waals surface area contributed by atoms with E-state index in [4.69, 9.17) is 10.9 Å². The van der Waals surface area contributed by atoms with Crippen molar-refractivity contribution in [1.82, 2.24) is 0 Å². The van der Waals surface area contributed by atoms with Gasteiger partial charge in [-0.3, -0.25) is 0 Å². The number of anilines is 2. The van der Waals surface area contributed by atoms with Gasteiger partial charge in [0.1, 0.15) is 0 Å². The molecule has 0 spiro atoms. The normalized spacial score (nSPS) is 20.3. The van der Waals surface area contributed by atoms with Gasteiger partial charge in [0.05, 0.1) is 28.9 Å². The lowest BCUT2D eigenvalue weighted by molar-refractivity contribution is 0.266. The zero-order valence-corrected chi connectivity index (χ0v) is 10.7. The van der Waals surface area contributed by atoms with Crippen LogP contribution < -0.4 is 15.8 Å². The van der Waals surface area contributed by atoms with E-state index in [2.05, 4.69) is 0 Å².